The van der Waals surface area contributed by atoms with Gasteiger partial charge in [-0.25, -0.2) is 10.2 Å². The Morgan fingerprint density at radius 1 is 1.29 bits per heavy atom. The second-order valence-corrected chi connectivity index (χ2v) is 7.05. The molecule has 0 unspecified atom stereocenters. The molecule has 7 nitrogen and oxygen atoms in total. The third kappa shape index (κ3) is 3.98. The number of benzene rings is 1. The molecule has 1 aromatic carbocycles. The third-order valence-electron chi connectivity index (χ3n) is 4.80. The van der Waals surface area contributed by atoms with Gasteiger partial charge in [-0.3, -0.25) is 4.79 Å². The van der Waals surface area contributed by atoms with Crippen LogP contribution in [-0.2, 0) is 4.79 Å². The molecule has 0 radical (unpaired) electrons. The highest BCUT2D eigenvalue weighted by atomic mass is 16.5. The lowest BCUT2D eigenvalue weighted by Crippen LogP contribution is -2.24. The SMILES string of the molecule is Cc1cc(=O)oc2cc(OCC(=O)N/N=C\c3ccc([C@H]4C[C@@H]4C)o3)ccc12. The molecule has 0 bridgehead atoms. The average molecular weight is 380 g/mol. The number of nitrogens with one attached hydrogen (secondary N) is 1. The maximum absolute atomic E-state index is 11.9. The lowest BCUT2D eigenvalue weighted by molar-refractivity contribution is -0.123. The Morgan fingerprint density at radius 2 is 2.11 bits per heavy atom. The first-order chi connectivity index (χ1) is 13.5. The third-order valence-corrected chi connectivity index (χ3v) is 4.80. The molecule has 1 amide bonds. The molecule has 2 aromatic heterocycles. The molecule has 1 aliphatic rings. The molecule has 7 heteroatoms. The summed E-state index contributed by atoms with van der Waals surface area (Å²) in [5, 5.41) is 4.70. The monoisotopic (exact) mass is 380 g/mol. The molecular weight excluding hydrogens is 360 g/mol. The number of hydrazone groups is 1. The number of rotatable bonds is 6. The van der Waals surface area contributed by atoms with Crippen LogP contribution in [0.15, 0.2) is 55.1 Å². The minimum Gasteiger partial charge on any atom is -0.484 e. The van der Waals surface area contributed by atoms with Crippen LogP contribution < -0.4 is 15.8 Å². The van der Waals surface area contributed by atoms with Crippen molar-refractivity contribution in [3.63, 3.8) is 0 Å². The molecule has 0 aliphatic heterocycles. The van der Waals surface area contributed by atoms with Gasteiger partial charge in [-0.1, -0.05) is 6.92 Å². The van der Waals surface area contributed by atoms with E-state index in [1.165, 1.54) is 12.3 Å². The van der Waals surface area contributed by atoms with Crippen molar-refractivity contribution in [2.75, 3.05) is 6.61 Å². The van der Waals surface area contributed by atoms with Crippen LogP contribution >= 0.6 is 0 Å². The molecule has 2 atom stereocenters. The van der Waals surface area contributed by atoms with E-state index < -0.39 is 11.5 Å². The predicted molar refractivity (Wildman–Crippen MR) is 104 cm³/mol. The van der Waals surface area contributed by atoms with Crippen LogP contribution in [0.2, 0.25) is 0 Å². The van der Waals surface area contributed by atoms with Gasteiger partial charge in [-0.05, 0) is 49.1 Å². The van der Waals surface area contributed by atoms with E-state index in [1.54, 1.807) is 18.2 Å². The largest absolute Gasteiger partial charge is 0.484 e. The normalized spacial score (nSPS) is 18.5. The second-order valence-electron chi connectivity index (χ2n) is 7.05. The van der Waals surface area contributed by atoms with Crippen molar-refractivity contribution in [2.24, 2.45) is 11.0 Å². The summed E-state index contributed by atoms with van der Waals surface area (Å²) in [6.45, 7) is 3.80. The molecule has 2 heterocycles. The van der Waals surface area contributed by atoms with Crippen molar-refractivity contribution in [2.45, 2.75) is 26.2 Å². The first-order valence-electron chi connectivity index (χ1n) is 9.08. The van der Waals surface area contributed by atoms with Crippen LogP contribution in [0.1, 0.15) is 36.3 Å². The van der Waals surface area contributed by atoms with E-state index in [0.717, 1.165) is 23.1 Å². The maximum atomic E-state index is 11.9. The van der Waals surface area contributed by atoms with E-state index >= 15 is 0 Å². The number of nitrogens with zero attached hydrogens (tertiary/aromatic N) is 1. The zero-order valence-electron chi connectivity index (χ0n) is 15.6. The van der Waals surface area contributed by atoms with Gasteiger partial charge in [-0.15, -0.1) is 0 Å². The summed E-state index contributed by atoms with van der Waals surface area (Å²) < 4.78 is 16.3. The highest BCUT2D eigenvalue weighted by Crippen LogP contribution is 2.47. The van der Waals surface area contributed by atoms with Gasteiger partial charge in [0.1, 0.15) is 22.9 Å². The molecule has 28 heavy (non-hydrogen) atoms. The molecule has 1 aliphatic carbocycles. The molecule has 144 valence electrons. The predicted octanol–water partition coefficient (Wildman–Crippen LogP) is 3.35. The fourth-order valence-corrected chi connectivity index (χ4v) is 3.10. The Kier molecular flexibility index (Phi) is 4.73. The Labute approximate surface area is 161 Å². The second kappa shape index (κ2) is 7.34. The summed E-state index contributed by atoms with van der Waals surface area (Å²) in [5.74, 6) is 2.73. The van der Waals surface area contributed by atoms with Crippen molar-refractivity contribution < 1.29 is 18.4 Å². The molecule has 0 saturated heterocycles. The van der Waals surface area contributed by atoms with Gasteiger partial charge in [0.25, 0.3) is 5.91 Å². The van der Waals surface area contributed by atoms with E-state index in [4.69, 9.17) is 13.6 Å². The van der Waals surface area contributed by atoms with Crippen LogP contribution in [0.5, 0.6) is 5.75 Å². The zero-order chi connectivity index (χ0) is 19.7. The first kappa shape index (κ1) is 18.0. The van der Waals surface area contributed by atoms with Gasteiger partial charge in [0.05, 0.1) is 6.21 Å². The lowest BCUT2D eigenvalue weighted by atomic mass is 10.1. The minimum atomic E-state index is -0.425. The van der Waals surface area contributed by atoms with E-state index in [2.05, 4.69) is 17.5 Å². The van der Waals surface area contributed by atoms with Gasteiger partial charge in [0.2, 0.25) is 0 Å². The van der Waals surface area contributed by atoms with Crippen LogP contribution in [0.4, 0.5) is 0 Å². The molecule has 4 rings (SSSR count). The van der Waals surface area contributed by atoms with Crippen molar-refractivity contribution in [3.05, 3.63) is 63.9 Å². The summed E-state index contributed by atoms with van der Waals surface area (Å²) >= 11 is 0. The summed E-state index contributed by atoms with van der Waals surface area (Å²) in [7, 11) is 0. The first-order valence-corrected chi connectivity index (χ1v) is 9.08. The van der Waals surface area contributed by atoms with E-state index in [-0.39, 0.29) is 6.61 Å². The Morgan fingerprint density at radius 3 is 2.89 bits per heavy atom. The maximum Gasteiger partial charge on any atom is 0.336 e. The molecule has 1 fully saturated rings. The Hall–Kier alpha value is -3.35. The zero-order valence-corrected chi connectivity index (χ0v) is 15.6. The van der Waals surface area contributed by atoms with Gasteiger partial charge in [0, 0.05) is 23.4 Å². The fourth-order valence-electron chi connectivity index (χ4n) is 3.10. The number of fused-ring (bicyclic) bond motifs is 1. The number of hydrogen-bond donors (Lipinski definition) is 1. The number of ether oxygens (including phenoxy) is 1. The molecule has 0 spiro atoms. The smallest absolute Gasteiger partial charge is 0.336 e. The quantitative estimate of drug-likeness (QED) is 0.402. The highest BCUT2D eigenvalue weighted by Gasteiger charge is 2.36. The summed E-state index contributed by atoms with van der Waals surface area (Å²) in [6.07, 6.45) is 2.61. The Balaban J connectivity index is 1.31. The summed E-state index contributed by atoms with van der Waals surface area (Å²) in [4.78, 5) is 23.4. The fraction of sp³-hybridized carbons (Fsp3) is 0.286. The average Bonchev–Trinajstić information content (AvgIpc) is 3.20. The highest BCUT2D eigenvalue weighted by molar-refractivity contribution is 5.82. The lowest BCUT2D eigenvalue weighted by Gasteiger charge is -2.06. The van der Waals surface area contributed by atoms with Crippen LogP contribution in [-0.4, -0.2) is 18.7 Å². The van der Waals surface area contributed by atoms with E-state index in [9.17, 15) is 9.59 Å². The molecule has 1 saturated carbocycles. The molecule has 3 aromatic rings. The van der Waals surface area contributed by atoms with Crippen molar-refractivity contribution >= 4 is 23.1 Å². The number of carbonyl (C=O) groups is 1. The van der Waals surface area contributed by atoms with Crippen molar-refractivity contribution in [1.29, 1.82) is 0 Å². The van der Waals surface area contributed by atoms with E-state index in [0.29, 0.717) is 28.9 Å². The van der Waals surface area contributed by atoms with Gasteiger partial charge < -0.3 is 13.6 Å². The number of carbonyl (C=O) groups excluding carboxylic acids is 1. The standard InChI is InChI=1S/C21H20N2O5/c1-12-7-17(12)18-6-4-15(27-18)10-22-23-20(24)11-26-14-3-5-16-13(2)8-21(25)28-19(16)9-14/h3-6,8-10,12,17H,7,11H2,1-2H3,(H,23,24)/b22-10-/t12-,17-/m0/s1. The van der Waals surface area contributed by atoms with Crippen LogP contribution in [0.25, 0.3) is 11.0 Å². The molecular formula is C21H20N2O5. The van der Waals surface area contributed by atoms with Crippen molar-refractivity contribution in [3.8, 4) is 5.75 Å². The van der Waals surface area contributed by atoms with Gasteiger partial charge in [0.15, 0.2) is 6.61 Å². The van der Waals surface area contributed by atoms with E-state index in [1.807, 2.05) is 19.1 Å². The number of furan rings is 1. The van der Waals surface area contributed by atoms with Gasteiger partial charge in [-0.2, -0.15) is 5.10 Å². The topological polar surface area (TPSA) is 94.0 Å². The van der Waals surface area contributed by atoms with Crippen molar-refractivity contribution in [1.82, 2.24) is 5.43 Å². The number of hydrogen-bond acceptors (Lipinski definition) is 6. The summed E-state index contributed by atoms with van der Waals surface area (Å²) in [6, 6.07) is 10.3. The summed E-state index contributed by atoms with van der Waals surface area (Å²) in [5.41, 5.74) is 3.20. The van der Waals surface area contributed by atoms with Crippen LogP contribution in [0.3, 0.4) is 0 Å². The van der Waals surface area contributed by atoms with Gasteiger partial charge >= 0.3 is 5.63 Å². The minimum absolute atomic E-state index is 0.220. The number of aryl methyl sites for hydroxylation is 1. The number of amides is 1. The molecule has 1 N–H and O–H groups in total. The van der Waals surface area contributed by atoms with Crippen LogP contribution in [0, 0.1) is 12.8 Å². The Bertz CT molecular complexity index is 1110.